The number of rotatable bonds is 26. The largest absolute Gasteiger partial charge is 0.455 e. The molecule has 18 rings (SSSR count). The highest BCUT2D eigenvalue weighted by molar-refractivity contribution is 7.90. The first-order valence-corrected chi connectivity index (χ1v) is 44.9. The molecule has 8 fully saturated rings. The van der Waals surface area contributed by atoms with Crippen LogP contribution in [0.25, 0.3) is 22.1 Å². The summed E-state index contributed by atoms with van der Waals surface area (Å²) in [5.74, 6) is 1.82. The second-order valence-electron chi connectivity index (χ2n) is 33.1. The van der Waals surface area contributed by atoms with Crippen LogP contribution < -0.4 is 29.6 Å². The number of nitrogens with one attached hydrogen (secondary N) is 6. The Morgan fingerprint density at radius 2 is 0.847 bits per heavy atom. The van der Waals surface area contributed by atoms with Crippen molar-refractivity contribution in [3.05, 3.63) is 235 Å². The highest BCUT2D eigenvalue weighted by atomic mass is 32.2. The van der Waals surface area contributed by atoms with Gasteiger partial charge in [-0.2, -0.15) is 0 Å². The van der Waals surface area contributed by atoms with E-state index in [4.69, 9.17) is 18.9 Å². The summed E-state index contributed by atoms with van der Waals surface area (Å²) in [5, 5.41) is 32.0. The van der Waals surface area contributed by atoms with Gasteiger partial charge < -0.3 is 39.5 Å². The number of likely N-dealkylation sites (tertiary alicyclic amines) is 2. The summed E-state index contributed by atoms with van der Waals surface area (Å²) in [7, 11) is -9.05. The van der Waals surface area contributed by atoms with Crippen molar-refractivity contribution in [1.82, 2.24) is 39.2 Å². The number of nitro groups is 2. The molecule has 0 unspecified atom stereocenters. The average Bonchev–Trinajstić information content (AvgIpc) is 1.53. The van der Waals surface area contributed by atoms with Crippen LogP contribution >= 0.6 is 0 Å². The van der Waals surface area contributed by atoms with E-state index in [-0.39, 0.29) is 57.7 Å². The van der Waals surface area contributed by atoms with Crippen LogP contribution in [0.3, 0.4) is 0 Å². The molecule has 0 bridgehead atoms. The van der Waals surface area contributed by atoms with Gasteiger partial charge in [-0.25, -0.2) is 36.2 Å². The number of sulfonamides is 2. The third-order valence-corrected chi connectivity index (χ3v) is 28.2. The van der Waals surface area contributed by atoms with Crippen LogP contribution in [0.2, 0.25) is 0 Å². The Hall–Kier alpha value is -10.6. The molecular weight excluding hydrogens is 1540 g/mol. The van der Waals surface area contributed by atoms with Gasteiger partial charge in [0.05, 0.1) is 43.2 Å². The van der Waals surface area contributed by atoms with Gasteiger partial charge in [0.2, 0.25) is 0 Å². The van der Waals surface area contributed by atoms with E-state index in [0.717, 1.165) is 136 Å². The normalized spacial score (nSPS) is 21.7. The van der Waals surface area contributed by atoms with Gasteiger partial charge in [0.25, 0.3) is 43.2 Å². The van der Waals surface area contributed by atoms with Crippen LogP contribution in [0.4, 0.5) is 22.7 Å². The molecule has 2 amide bonds. The van der Waals surface area contributed by atoms with Gasteiger partial charge in [0, 0.05) is 99.0 Å². The van der Waals surface area contributed by atoms with Gasteiger partial charge in [-0.15, -0.1) is 0 Å². The lowest BCUT2D eigenvalue weighted by molar-refractivity contribution is -0.384. The number of hydrogen-bond acceptors (Lipinski definition) is 20. The molecule has 616 valence electrons. The third kappa shape index (κ3) is 18.2. The fraction of sp³-hybridized carbons (Fsp3) is 0.422. The highest BCUT2D eigenvalue weighted by Gasteiger charge is 2.41. The first kappa shape index (κ1) is 79.8. The van der Waals surface area contributed by atoms with E-state index >= 15 is 0 Å². The lowest BCUT2D eigenvalue weighted by atomic mass is 9.80. The predicted octanol–water partition coefficient (Wildman–Crippen LogP) is 17.9. The van der Waals surface area contributed by atoms with Gasteiger partial charge in [-0.3, -0.25) is 39.6 Å². The van der Waals surface area contributed by atoms with Crippen molar-refractivity contribution in [3.63, 3.8) is 0 Å². The topological polar surface area (TPSA) is 338 Å². The van der Waals surface area contributed by atoms with E-state index < -0.39 is 62.9 Å². The fourth-order valence-corrected chi connectivity index (χ4v) is 20.9. The van der Waals surface area contributed by atoms with E-state index in [0.29, 0.717) is 86.5 Å². The molecule has 8 aliphatic rings. The number of pyridine rings is 2. The zero-order valence-corrected chi connectivity index (χ0v) is 67.6. The van der Waals surface area contributed by atoms with E-state index in [2.05, 4.69) is 98.3 Å². The zero-order valence-electron chi connectivity index (χ0n) is 66.0. The maximum atomic E-state index is 13.9. The molecule has 0 spiro atoms. The standard InChI is InChI=1S/2C45H50N6O7S/c2*52-45(49-59(55,56)36-14-16-40(42(26-36)51(53)54)47-27-29-18-22-57-23-19-29)39-15-11-32(25-43(39)58-35-24-33-17-20-46-44(33)48-28-35)30-9-12-34(13-10-30)50-21-3-6-41(50)38-5-2-1-4-37(38)31-7-8-31/h2*1-2,4-5,11,14-17,20,24-26,28-31,34,41,47H,3,6-10,12-13,18-19,21-23,27H2,(H,46,48)(H,49,52)/t2*30?,34?,41-/m00/s1. The quantitative estimate of drug-likeness (QED) is 0.0217. The molecule has 28 heteroatoms. The van der Waals surface area contributed by atoms with Gasteiger partial charge in [-0.1, -0.05) is 60.7 Å². The van der Waals surface area contributed by atoms with Crippen LogP contribution in [0.5, 0.6) is 23.0 Å². The monoisotopic (exact) mass is 1640 g/mol. The summed E-state index contributed by atoms with van der Waals surface area (Å²) in [6.07, 6.45) is 28.2. The fourth-order valence-electron chi connectivity index (χ4n) is 18.9. The van der Waals surface area contributed by atoms with Crippen molar-refractivity contribution in [3.8, 4) is 23.0 Å². The van der Waals surface area contributed by atoms with Gasteiger partial charge in [-0.05, 0) is 283 Å². The third-order valence-electron chi connectivity index (χ3n) is 25.6. The van der Waals surface area contributed by atoms with Crippen molar-refractivity contribution in [2.45, 2.75) is 186 Å². The number of ether oxygens (including phenoxy) is 4. The smallest absolute Gasteiger partial charge is 0.293 e. The van der Waals surface area contributed by atoms with Crippen molar-refractivity contribution in [2.24, 2.45) is 11.8 Å². The minimum absolute atomic E-state index is 0.0126. The summed E-state index contributed by atoms with van der Waals surface area (Å²) in [6.45, 7) is 5.77. The Morgan fingerprint density at radius 1 is 0.458 bits per heavy atom. The first-order valence-electron chi connectivity index (χ1n) is 41.9. The number of aromatic amines is 2. The Bertz CT molecular complexity index is 5250. The SMILES string of the molecule is O=C(NS(=O)(=O)c1ccc(NCC2CCOCC2)c([N+](=O)[O-])c1)c1ccc(C2CCC(N3CCC[C@H]3c3ccccc3C3CC3)CC2)cc1Oc1cnc2[nH]ccc2c1.O=C(NS(=O)(=O)c1ccc(NCC2CCOCC2)c([N+](=O)[O-])c1)c1ccc(C2CCC(N3CCC[C@H]3c3ccccc3C3CC3)CC2)cc1Oc1cnc2[nH]ccc2c1. The number of nitro benzene ring substituents is 2. The summed E-state index contributed by atoms with van der Waals surface area (Å²) < 4.78 is 82.5. The molecule has 26 nitrogen and oxygen atoms in total. The number of carbonyl (C=O) groups is 2. The molecule has 118 heavy (non-hydrogen) atoms. The molecule has 6 aromatic carbocycles. The van der Waals surface area contributed by atoms with Gasteiger partial charge in [0.15, 0.2) is 0 Å². The summed E-state index contributed by atoms with van der Waals surface area (Å²) >= 11 is 0. The molecule has 2 atom stereocenters. The average molecular weight is 1640 g/mol. The highest BCUT2D eigenvalue weighted by Crippen LogP contribution is 2.51. The Morgan fingerprint density at radius 3 is 1.24 bits per heavy atom. The lowest BCUT2D eigenvalue weighted by Gasteiger charge is -2.39. The molecular formula is C90H100N12O14S2. The Labute approximate surface area is 686 Å². The molecule has 4 saturated heterocycles. The number of fused-ring (bicyclic) bond motifs is 2. The number of hydrogen-bond donors (Lipinski definition) is 6. The number of nitrogens with zero attached hydrogens (tertiary/aromatic N) is 6. The van der Waals surface area contributed by atoms with E-state index in [1.165, 1.54) is 86.8 Å². The molecule has 10 aromatic rings. The van der Waals surface area contributed by atoms with Crippen LogP contribution in [0, 0.1) is 32.1 Å². The Balaban J connectivity index is 0.000000169. The second-order valence-corrected chi connectivity index (χ2v) is 36.5. The number of anilines is 2. The maximum absolute atomic E-state index is 13.9. The van der Waals surface area contributed by atoms with Crippen molar-refractivity contribution in [1.29, 1.82) is 0 Å². The molecule has 0 radical (unpaired) electrons. The number of H-pyrrole nitrogens is 2. The lowest BCUT2D eigenvalue weighted by Crippen LogP contribution is -2.37. The minimum atomic E-state index is -4.53. The van der Waals surface area contributed by atoms with Gasteiger partial charge in [0.1, 0.15) is 45.7 Å². The summed E-state index contributed by atoms with van der Waals surface area (Å²) in [5.41, 5.74) is 9.18. The van der Waals surface area contributed by atoms with Crippen LogP contribution in [0.15, 0.2) is 180 Å². The van der Waals surface area contributed by atoms with Crippen LogP contribution in [-0.4, -0.2) is 133 Å². The summed E-state index contributed by atoms with van der Waals surface area (Å²) in [4.78, 5) is 70.5. The van der Waals surface area contributed by atoms with Crippen molar-refractivity contribution in [2.75, 3.05) is 63.2 Å². The van der Waals surface area contributed by atoms with E-state index in [9.17, 15) is 46.7 Å². The first-order chi connectivity index (χ1) is 57.4. The van der Waals surface area contributed by atoms with Crippen LogP contribution in [0.1, 0.15) is 218 Å². The molecule has 8 heterocycles. The van der Waals surface area contributed by atoms with Crippen molar-refractivity contribution >= 4 is 76.7 Å². The molecule has 4 aliphatic carbocycles. The summed E-state index contributed by atoms with van der Waals surface area (Å²) in [6, 6.07) is 45.3. The Kier molecular flexibility index (Phi) is 23.8. The van der Waals surface area contributed by atoms with Gasteiger partial charge >= 0.3 is 0 Å². The zero-order chi connectivity index (χ0) is 81.0. The van der Waals surface area contributed by atoms with E-state index in [1.807, 2.05) is 36.4 Å². The molecule has 4 aromatic heterocycles. The van der Waals surface area contributed by atoms with Crippen molar-refractivity contribution < 1.29 is 55.2 Å². The maximum Gasteiger partial charge on any atom is 0.293 e. The molecule has 4 saturated carbocycles. The van der Waals surface area contributed by atoms with E-state index in [1.54, 1.807) is 60.2 Å². The van der Waals surface area contributed by atoms with Crippen LogP contribution in [-0.2, 0) is 29.5 Å². The minimum Gasteiger partial charge on any atom is -0.455 e. The number of benzene rings is 6. The molecule has 6 N–H and O–H groups in total. The number of aromatic nitrogens is 4. The predicted molar refractivity (Wildman–Crippen MR) is 449 cm³/mol. The number of carbonyl (C=O) groups excluding carboxylic acids is 2. The molecule has 4 aliphatic heterocycles. The second kappa shape index (κ2) is 35.1. The number of amides is 2.